The average molecular weight is 198 g/mol. The Morgan fingerprint density at radius 3 is 2.07 bits per heavy atom. The van der Waals surface area contributed by atoms with Gasteiger partial charge in [-0.2, -0.15) is 0 Å². The second-order valence-electron chi connectivity index (χ2n) is 4.29. The summed E-state index contributed by atoms with van der Waals surface area (Å²) < 4.78 is 0. The van der Waals surface area contributed by atoms with E-state index in [2.05, 4.69) is 0 Å². The van der Waals surface area contributed by atoms with Crippen LogP contribution in [0.3, 0.4) is 0 Å². The number of allylic oxidation sites excluding steroid dienone is 1. The van der Waals surface area contributed by atoms with E-state index in [4.69, 9.17) is 0 Å². The lowest BCUT2D eigenvalue weighted by Crippen LogP contribution is -2.24. The molecule has 0 aromatic heterocycles. The zero-order valence-corrected chi connectivity index (χ0v) is 8.91. The van der Waals surface area contributed by atoms with E-state index in [1.165, 1.54) is 32.1 Å². The van der Waals surface area contributed by atoms with Gasteiger partial charge in [-0.3, -0.25) is 0 Å². The Balaban J connectivity index is 2.37. The van der Waals surface area contributed by atoms with Gasteiger partial charge in [0.1, 0.15) is 0 Å². The third-order valence-electron chi connectivity index (χ3n) is 2.80. The maximum atomic E-state index is 9.53. The molecule has 0 aliphatic heterocycles. The summed E-state index contributed by atoms with van der Waals surface area (Å²) in [5.41, 5.74) is 0. The predicted molar refractivity (Wildman–Crippen MR) is 57.9 cm³/mol. The van der Waals surface area contributed by atoms with Gasteiger partial charge in [-0.15, -0.1) is 0 Å². The summed E-state index contributed by atoms with van der Waals surface area (Å²) >= 11 is 0. The second kappa shape index (κ2) is 6.20. The SMILES string of the molecule is OC1(O)/C=C\CCCCCCCCC1. The van der Waals surface area contributed by atoms with Gasteiger partial charge in [-0.25, -0.2) is 0 Å². The normalized spacial score (nSPS) is 27.3. The van der Waals surface area contributed by atoms with E-state index >= 15 is 0 Å². The highest BCUT2D eigenvalue weighted by atomic mass is 16.5. The van der Waals surface area contributed by atoms with Crippen molar-refractivity contribution in [1.82, 2.24) is 0 Å². The fourth-order valence-electron chi connectivity index (χ4n) is 1.89. The van der Waals surface area contributed by atoms with Gasteiger partial charge in [0, 0.05) is 6.42 Å². The number of hydrogen-bond acceptors (Lipinski definition) is 2. The number of aliphatic hydroxyl groups is 2. The highest BCUT2D eigenvalue weighted by molar-refractivity contribution is 4.93. The molecule has 0 fully saturated rings. The van der Waals surface area contributed by atoms with Crippen molar-refractivity contribution in [2.75, 3.05) is 0 Å². The van der Waals surface area contributed by atoms with E-state index in [1.54, 1.807) is 6.08 Å². The second-order valence-corrected chi connectivity index (χ2v) is 4.29. The van der Waals surface area contributed by atoms with Crippen molar-refractivity contribution in [1.29, 1.82) is 0 Å². The molecule has 0 heterocycles. The van der Waals surface area contributed by atoms with Gasteiger partial charge in [0.25, 0.3) is 0 Å². The standard InChI is InChI=1S/C12H22O2/c13-12(14)10-8-6-4-2-1-3-5-7-9-11-12/h8,10,13-14H,1-7,9,11H2/b10-8-. The van der Waals surface area contributed by atoms with Crippen molar-refractivity contribution < 1.29 is 10.2 Å². The quantitative estimate of drug-likeness (QED) is 0.464. The van der Waals surface area contributed by atoms with Crippen LogP contribution >= 0.6 is 0 Å². The van der Waals surface area contributed by atoms with E-state index in [9.17, 15) is 10.2 Å². The number of hydrogen-bond donors (Lipinski definition) is 2. The summed E-state index contributed by atoms with van der Waals surface area (Å²) in [6.07, 6.45) is 13.3. The van der Waals surface area contributed by atoms with E-state index in [0.29, 0.717) is 6.42 Å². The van der Waals surface area contributed by atoms with Crippen LogP contribution in [0.2, 0.25) is 0 Å². The summed E-state index contributed by atoms with van der Waals surface area (Å²) in [4.78, 5) is 0. The van der Waals surface area contributed by atoms with Gasteiger partial charge in [0.2, 0.25) is 0 Å². The van der Waals surface area contributed by atoms with Crippen molar-refractivity contribution in [3.8, 4) is 0 Å². The van der Waals surface area contributed by atoms with Crippen molar-refractivity contribution in [3.05, 3.63) is 12.2 Å². The third kappa shape index (κ3) is 5.40. The summed E-state index contributed by atoms with van der Waals surface area (Å²) in [6, 6.07) is 0. The summed E-state index contributed by atoms with van der Waals surface area (Å²) in [5.74, 6) is -1.56. The molecule has 14 heavy (non-hydrogen) atoms. The predicted octanol–water partition coefficient (Wildman–Crippen LogP) is 2.75. The Bertz CT molecular complexity index is 173. The maximum absolute atomic E-state index is 9.53. The first-order valence-corrected chi connectivity index (χ1v) is 5.83. The van der Waals surface area contributed by atoms with Gasteiger partial charge in [0.05, 0.1) is 0 Å². The maximum Gasteiger partial charge on any atom is 0.182 e. The molecule has 0 unspecified atom stereocenters. The minimum atomic E-state index is -1.56. The average Bonchev–Trinajstić information content (AvgIpc) is 2.11. The molecule has 1 aliphatic rings. The number of rotatable bonds is 0. The zero-order valence-electron chi connectivity index (χ0n) is 8.91. The lowest BCUT2D eigenvalue weighted by Gasteiger charge is -2.17. The van der Waals surface area contributed by atoms with Gasteiger partial charge < -0.3 is 10.2 Å². The molecule has 2 heteroatoms. The van der Waals surface area contributed by atoms with E-state index in [1.807, 2.05) is 6.08 Å². The molecule has 0 spiro atoms. The van der Waals surface area contributed by atoms with Crippen molar-refractivity contribution in [3.63, 3.8) is 0 Å². The first kappa shape index (κ1) is 11.7. The highest BCUT2D eigenvalue weighted by Gasteiger charge is 2.17. The van der Waals surface area contributed by atoms with Crippen LogP contribution in [0.15, 0.2) is 12.2 Å². The smallest absolute Gasteiger partial charge is 0.182 e. The third-order valence-corrected chi connectivity index (χ3v) is 2.80. The Labute approximate surface area is 86.6 Å². The molecule has 0 radical (unpaired) electrons. The lowest BCUT2D eigenvalue weighted by atomic mass is 10.0. The van der Waals surface area contributed by atoms with Crippen LogP contribution in [0.4, 0.5) is 0 Å². The molecule has 2 nitrogen and oxygen atoms in total. The van der Waals surface area contributed by atoms with Crippen molar-refractivity contribution in [2.24, 2.45) is 0 Å². The van der Waals surface area contributed by atoms with E-state index in [0.717, 1.165) is 19.3 Å². The van der Waals surface area contributed by atoms with Crippen LogP contribution in [-0.4, -0.2) is 16.0 Å². The van der Waals surface area contributed by atoms with Crippen LogP contribution in [0, 0.1) is 0 Å². The Morgan fingerprint density at radius 2 is 1.36 bits per heavy atom. The molecule has 0 amide bonds. The fraction of sp³-hybridized carbons (Fsp3) is 0.833. The molecule has 0 saturated heterocycles. The molecule has 0 atom stereocenters. The molecule has 1 rings (SSSR count). The summed E-state index contributed by atoms with van der Waals surface area (Å²) in [7, 11) is 0. The first-order valence-electron chi connectivity index (χ1n) is 5.83. The van der Waals surface area contributed by atoms with Crippen LogP contribution < -0.4 is 0 Å². The molecule has 0 aromatic rings. The summed E-state index contributed by atoms with van der Waals surface area (Å²) in [5, 5.41) is 19.1. The lowest BCUT2D eigenvalue weighted by molar-refractivity contribution is -0.124. The molecular formula is C12H22O2. The topological polar surface area (TPSA) is 40.5 Å². The zero-order chi connectivity index (χ0) is 10.3. The first-order chi connectivity index (χ1) is 6.71. The molecule has 82 valence electrons. The largest absolute Gasteiger partial charge is 0.362 e. The fourth-order valence-corrected chi connectivity index (χ4v) is 1.89. The van der Waals surface area contributed by atoms with Crippen molar-refractivity contribution in [2.45, 2.75) is 63.6 Å². The van der Waals surface area contributed by atoms with Gasteiger partial charge in [0.15, 0.2) is 5.79 Å². The van der Waals surface area contributed by atoms with Gasteiger partial charge in [-0.05, 0) is 25.3 Å². The van der Waals surface area contributed by atoms with Crippen LogP contribution in [0.1, 0.15) is 57.8 Å². The van der Waals surface area contributed by atoms with Crippen LogP contribution in [-0.2, 0) is 0 Å². The van der Waals surface area contributed by atoms with Gasteiger partial charge in [-0.1, -0.05) is 38.2 Å². The highest BCUT2D eigenvalue weighted by Crippen LogP contribution is 2.17. The van der Waals surface area contributed by atoms with E-state index in [-0.39, 0.29) is 0 Å². The van der Waals surface area contributed by atoms with Crippen molar-refractivity contribution >= 4 is 0 Å². The molecule has 1 aliphatic carbocycles. The summed E-state index contributed by atoms with van der Waals surface area (Å²) in [6.45, 7) is 0. The van der Waals surface area contributed by atoms with Gasteiger partial charge >= 0.3 is 0 Å². The minimum absolute atomic E-state index is 0.476. The monoisotopic (exact) mass is 198 g/mol. The van der Waals surface area contributed by atoms with Crippen LogP contribution in [0.5, 0.6) is 0 Å². The molecule has 0 bridgehead atoms. The van der Waals surface area contributed by atoms with E-state index < -0.39 is 5.79 Å². The molecule has 0 aromatic carbocycles. The molecule has 0 saturated carbocycles. The Kier molecular flexibility index (Phi) is 5.20. The Hall–Kier alpha value is -0.340. The molecule has 2 N–H and O–H groups in total. The molecular weight excluding hydrogens is 176 g/mol. The minimum Gasteiger partial charge on any atom is -0.362 e. The Morgan fingerprint density at radius 1 is 0.786 bits per heavy atom. The van der Waals surface area contributed by atoms with Crippen LogP contribution in [0.25, 0.3) is 0 Å².